The van der Waals surface area contributed by atoms with Crippen LogP contribution in [0.4, 0.5) is 5.13 Å². The fourth-order valence-corrected chi connectivity index (χ4v) is 6.47. The third-order valence-electron chi connectivity index (χ3n) is 4.39. The third kappa shape index (κ3) is 5.09. The molecule has 2 N–H and O–H groups in total. The van der Waals surface area contributed by atoms with Gasteiger partial charge in [0.15, 0.2) is 9.09 Å². The van der Waals surface area contributed by atoms with E-state index in [-0.39, 0.29) is 14.9 Å². The van der Waals surface area contributed by atoms with Gasteiger partial charge in [-0.3, -0.25) is 9.52 Å². The first-order chi connectivity index (χ1) is 14.6. The van der Waals surface area contributed by atoms with Gasteiger partial charge in [-0.15, -0.1) is 11.3 Å². The number of aromatic nitrogens is 2. The highest BCUT2D eigenvalue weighted by molar-refractivity contribution is 7.93. The lowest BCUT2D eigenvalue weighted by Gasteiger charge is -2.04. The Hall–Kier alpha value is -2.41. The van der Waals surface area contributed by atoms with Crippen LogP contribution in [0.15, 0.2) is 40.3 Å². The molecular formula is C19H21N5O3S4. The molecule has 0 unspecified atom stereocenters. The van der Waals surface area contributed by atoms with Gasteiger partial charge < -0.3 is 4.57 Å². The van der Waals surface area contributed by atoms with Crippen LogP contribution in [0.3, 0.4) is 0 Å². The molecule has 2 aromatic heterocycles. The number of hydrogen-bond acceptors (Lipinski definition) is 8. The second-order valence-corrected chi connectivity index (χ2v) is 10.8. The predicted molar refractivity (Wildman–Crippen MR) is 127 cm³/mol. The number of nitrogens with zero attached hydrogens (tertiary/aromatic N) is 3. The molecule has 3 aromatic rings. The highest BCUT2D eigenvalue weighted by Crippen LogP contribution is 2.25. The number of thiazole rings is 2. The van der Waals surface area contributed by atoms with Crippen molar-refractivity contribution in [1.82, 2.24) is 15.0 Å². The molecule has 12 heteroatoms. The lowest BCUT2D eigenvalue weighted by molar-refractivity contribution is 0.0958. The monoisotopic (exact) mass is 495 g/mol. The van der Waals surface area contributed by atoms with Crippen LogP contribution in [0, 0.1) is 17.8 Å². The minimum Gasteiger partial charge on any atom is -0.327 e. The maximum atomic E-state index is 12.6. The number of hydrogen-bond donors (Lipinski definition) is 2. The van der Waals surface area contributed by atoms with Gasteiger partial charge in [0, 0.05) is 12.2 Å². The summed E-state index contributed by atoms with van der Waals surface area (Å²) in [6.45, 7) is 8.18. The number of carbonyl (C=O) groups excluding carboxylic acids is 1. The van der Waals surface area contributed by atoms with Gasteiger partial charge >= 0.3 is 0 Å². The van der Waals surface area contributed by atoms with E-state index >= 15 is 0 Å². The van der Waals surface area contributed by atoms with Gasteiger partial charge in [-0.2, -0.15) is 5.10 Å². The molecule has 3 rings (SSSR count). The summed E-state index contributed by atoms with van der Waals surface area (Å²) < 4.78 is 30.1. The SMILES string of the molecule is CCn1c(C)c(/C(C)=N\NC(=O)c2sc(NS(=O)(=O)c3ccccc3)nc2C)sc1=S. The highest BCUT2D eigenvalue weighted by atomic mass is 32.2. The predicted octanol–water partition coefficient (Wildman–Crippen LogP) is 4.33. The fraction of sp³-hybridized carbons (Fsp3) is 0.263. The number of carbonyl (C=O) groups is 1. The molecular weight excluding hydrogens is 475 g/mol. The number of amides is 1. The molecule has 1 aromatic carbocycles. The standard InChI is InChI=1S/C19H21N5O3S4/c1-5-24-13(4)15(30-19(24)28)12(3)21-22-17(25)16-11(2)20-18(29-16)23-31(26,27)14-9-7-6-8-10-14/h6-10H,5H2,1-4H3,(H,20,23)(H,22,25)/b21-12-. The zero-order valence-corrected chi connectivity index (χ0v) is 20.6. The molecule has 0 aliphatic rings. The molecule has 0 bridgehead atoms. The van der Waals surface area contributed by atoms with Gasteiger partial charge in [-0.1, -0.05) is 29.5 Å². The van der Waals surface area contributed by atoms with E-state index < -0.39 is 15.9 Å². The van der Waals surface area contributed by atoms with Crippen molar-refractivity contribution in [1.29, 1.82) is 0 Å². The van der Waals surface area contributed by atoms with Gasteiger partial charge in [0.05, 0.1) is 21.2 Å². The molecule has 1 amide bonds. The molecule has 2 heterocycles. The molecule has 0 saturated heterocycles. The zero-order valence-electron chi connectivity index (χ0n) is 17.3. The largest absolute Gasteiger partial charge is 0.327 e. The molecule has 164 valence electrons. The van der Waals surface area contributed by atoms with Crippen LogP contribution in [0.25, 0.3) is 0 Å². The van der Waals surface area contributed by atoms with Crippen molar-refractivity contribution >= 4 is 61.7 Å². The summed E-state index contributed by atoms with van der Waals surface area (Å²) >= 11 is 7.76. The molecule has 8 nitrogen and oxygen atoms in total. The Kier molecular flexibility index (Phi) is 7.04. The van der Waals surface area contributed by atoms with E-state index in [0.717, 1.165) is 32.4 Å². The van der Waals surface area contributed by atoms with Crippen molar-refractivity contribution in [2.75, 3.05) is 4.72 Å². The Morgan fingerprint density at radius 3 is 2.48 bits per heavy atom. The van der Waals surface area contributed by atoms with E-state index in [2.05, 4.69) is 20.2 Å². The number of aryl methyl sites for hydroxylation is 1. The van der Waals surface area contributed by atoms with E-state index in [1.54, 1.807) is 32.0 Å². The minimum absolute atomic E-state index is 0.112. The van der Waals surface area contributed by atoms with Crippen molar-refractivity contribution in [3.63, 3.8) is 0 Å². The topological polar surface area (TPSA) is 105 Å². The number of sulfonamides is 1. The van der Waals surface area contributed by atoms with E-state index in [4.69, 9.17) is 12.2 Å². The summed E-state index contributed by atoms with van der Waals surface area (Å²) in [7, 11) is -3.79. The lowest BCUT2D eigenvalue weighted by Crippen LogP contribution is -2.19. The molecule has 0 spiro atoms. The first-order valence-corrected chi connectivity index (χ1v) is 12.8. The highest BCUT2D eigenvalue weighted by Gasteiger charge is 2.20. The number of hydrazone groups is 1. The maximum Gasteiger partial charge on any atom is 0.283 e. The van der Waals surface area contributed by atoms with Crippen LogP contribution in [0.2, 0.25) is 0 Å². The minimum atomic E-state index is -3.79. The van der Waals surface area contributed by atoms with Crippen LogP contribution in [0.1, 0.15) is 39.8 Å². The average molecular weight is 496 g/mol. The number of benzene rings is 1. The van der Waals surface area contributed by atoms with Gasteiger partial charge in [0.2, 0.25) is 0 Å². The van der Waals surface area contributed by atoms with Crippen LogP contribution in [0.5, 0.6) is 0 Å². The molecule has 0 saturated carbocycles. The Labute approximate surface area is 193 Å². The Morgan fingerprint density at radius 1 is 1.19 bits per heavy atom. The van der Waals surface area contributed by atoms with Gasteiger partial charge in [0.25, 0.3) is 15.9 Å². The number of anilines is 1. The Morgan fingerprint density at radius 2 is 1.87 bits per heavy atom. The Balaban J connectivity index is 1.77. The average Bonchev–Trinajstić information content (AvgIpc) is 3.24. The van der Waals surface area contributed by atoms with Gasteiger partial charge in [0.1, 0.15) is 4.88 Å². The van der Waals surface area contributed by atoms with Crippen molar-refractivity contribution in [3.05, 3.63) is 55.4 Å². The van der Waals surface area contributed by atoms with Crippen molar-refractivity contribution < 1.29 is 13.2 Å². The van der Waals surface area contributed by atoms with Crippen LogP contribution in [-0.2, 0) is 16.6 Å². The molecule has 0 fully saturated rings. The number of rotatable bonds is 7. The second-order valence-electron chi connectivity index (χ2n) is 6.52. The first-order valence-electron chi connectivity index (χ1n) is 9.24. The van der Waals surface area contributed by atoms with Crippen molar-refractivity contribution in [2.45, 2.75) is 39.1 Å². The van der Waals surface area contributed by atoms with Gasteiger partial charge in [-0.05, 0) is 52.0 Å². The molecule has 31 heavy (non-hydrogen) atoms. The van der Waals surface area contributed by atoms with E-state index in [9.17, 15) is 13.2 Å². The summed E-state index contributed by atoms with van der Waals surface area (Å²) in [6.07, 6.45) is 0. The summed E-state index contributed by atoms with van der Waals surface area (Å²) in [5.74, 6) is -0.462. The molecule has 0 aliphatic carbocycles. The van der Waals surface area contributed by atoms with Crippen LogP contribution >= 0.6 is 34.9 Å². The molecule has 0 atom stereocenters. The molecule has 0 aliphatic heterocycles. The normalized spacial score (nSPS) is 12.1. The number of nitrogens with one attached hydrogen (secondary N) is 2. The summed E-state index contributed by atoms with van der Waals surface area (Å²) in [6, 6.07) is 7.96. The lowest BCUT2D eigenvalue weighted by atomic mass is 10.3. The smallest absolute Gasteiger partial charge is 0.283 e. The zero-order chi connectivity index (χ0) is 22.8. The van der Waals surface area contributed by atoms with Crippen LogP contribution < -0.4 is 10.1 Å². The van der Waals surface area contributed by atoms with E-state index in [0.29, 0.717) is 11.4 Å². The summed E-state index contributed by atoms with van der Waals surface area (Å²) in [5.41, 5.74) is 4.57. The van der Waals surface area contributed by atoms with E-state index in [1.807, 2.05) is 18.4 Å². The summed E-state index contributed by atoms with van der Waals surface area (Å²) in [4.78, 5) is 18.1. The third-order valence-corrected chi connectivity index (χ3v) is 8.61. The van der Waals surface area contributed by atoms with Crippen molar-refractivity contribution in [2.24, 2.45) is 5.10 Å². The fourth-order valence-electron chi connectivity index (χ4n) is 2.84. The molecule has 0 radical (unpaired) electrons. The summed E-state index contributed by atoms with van der Waals surface area (Å²) in [5, 5.41) is 4.31. The maximum absolute atomic E-state index is 12.6. The van der Waals surface area contributed by atoms with E-state index in [1.165, 1.54) is 23.5 Å². The second kappa shape index (κ2) is 9.39. The Bertz CT molecular complexity index is 1300. The van der Waals surface area contributed by atoms with Crippen molar-refractivity contribution in [3.8, 4) is 0 Å². The van der Waals surface area contributed by atoms with Gasteiger partial charge in [-0.25, -0.2) is 18.8 Å². The van der Waals surface area contributed by atoms with Crippen LogP contribution in [-0.4, -0.2) is 29.6 Å². The quantitative estimate of drug-likeness (QED) is 0.288. The first kappa shape index (κ1) is 23.3.